The smallest absolute Gasteiger partial charge is 0.416 e. The minimum Gasteiger partial charge on any atom is -0.487 e. The molecule has 0 aliphatic carbocycles. The molecule has 3 aromatic carbocycles. The van der Waals surface area contributed by atoms with E-state index in [1.54, 1.807) is 37.3 Å². The van der Waals surface area contributed by atoms with Gasteiger partial charge in [0.15, 0.2) is 9.84 Å². The van der Waals surface area contributed by atoms with E-state index in [1.165, 1.54) is 18.2 Å². The van der Waals surface area contributed by atoms with Gasteiger partial charge in [0.1, 0.15) is 18.2 Å². The van der Waals surface area contributed by atoms with Crippen molar-refractivity contribution in [2.75, 3.05) is 22.8 Å². The number of anilines is 2. The largest absolute Gasteiger partial charge is 0.487 e. The molecule has 6 nitrogen and oxygen atoms in total. The molecule has 0 saturated heterocycles. The number of rotatable bonds is 8. The van der Waals surface area contributed by atoms with E-state index >= 15 is 0 Å². The van der Waals surface area contributed by atoms with Crippen LogP contribution < -0.4 is 15.4 Å². The molecule has 0 saturated carbocycles. The van der Waals surface area contributed by atoms with Crippen molar-refractivity contribution in [1.29, 1.82) is 0 Å². The molecule has 3 aromatic rings. The van der Waals surface area contributed by atoms with Gasteiger partial charge in [-0.3, -0.25) is 4.79 Å². The Balaban J connectivity index is 1.86. The second-order valence-corrected chi connectivity index (χ2v) is 11.2. The van der Waals surface area contributed by atoms with Crippen molar-refractivity contribution in [2.45, 2.75) is 19.7 Å². The average Bonchev–Trinajstić information content (AvgIpc) is 2.77. The van der Waals surface area contributed by atoms with Crippen LogP contribution in [-0.2, 0) is 22.6 Å². The SMILES string of the molecule is Cc1ccc(C(F)(F)F)cc1COc1cc(NC(=O)c2ccc(I)cc2)ccc1NCS(C)(=O)=O. The Morgan fingerprint density at radius 1 is 1.03 bits per heavy atom. The number of alkyl halides is 3. The van der Waals surface area contributed by atoms with E-state index in [-0.39, 0.29) is 24.1 Å². The molecule has 0 aromatic heterocycles. The predicted molar refractivity (Wildman–Crippen MR) is 137 cm³/mol. The van der Waals surface area contributed by atoms with Crippen molar-refractivity contribution in [3.05, 3.63) is 86.5 Å². The van der Waals surface area contributed by atoms with E-state index in [0.29, 0.717) is 28.1 Å². The average molecular weight is 618 g/mol. The summed E-state index contributed by atoms with van der Waals surface area (Å²) in [6, 6.07) is 14.9. The lowest BCUT2D eigenvalue weighted by Gasteiger charge is -2.17. The van der Waals surface area contributed by atoms with Crippen molar-refractivity contribution in [1.82, 2.24) is 0 Å². The highest BCUT2D eigenvalue weighted by atomic mass is 127. The Morgan fingerprint density at radius 2 is 1.71 bits per heavy atom. The van der Waals surface area contributed by atoms with Gasteiger partial charge >= 0.3 is 6.18 Å². The van der Waals surface area contributed by atoms with E-state index in [2.05, 4.69) is 33.2 Å². The molecule has 0 aliphatic heterocycles. The van der Waals surface area contributed by atoms with Crippen LogP contribution in [0.2, 0.25) is 0 Å². The van der Waals surface area contributed by atoms with Gasteiger partial charge in [0, 0.05) is 27.1 Å². The van der Waals surface area contributed by atoms with Crippen LogP contribution >= 0.6 is 22.6 Å². The lowest BCUT2D eigenvalue weighted by atomic mass is 10.1. The maximum absolute atomic E-state index is 13.1. The van der Waals surface area contributed by atoms with Gasteiger partial charge in [-0.05, 0) is 89.2 Å². The summed E-state index contributed by atoms with van der Waals surface area (Å²) < 4.78 is 69.4. The van der Waals surface area contributed by atoms with Crippen molar-refractivity contribution in [3.63, 3.8) is 0 Å². The highest BCUT2D eigenvalue weighted by Gasteiger charge is 2.30. The number of amides is 1. The lowest BCUT2D eigenvalue weighted by molar-refractivity contribution is -0.137. The predicted octanol–water partition coefficient (Wildman–Crippen LogP) is 5.86. The van der Waals surface area contributed by atoms with Gasteiger partial charge in [-0.15, -0.1) is 0 Å². The second-order valence-electron chi connectivity index (χ2n) is 7.85. The number of nitrogens with one attached hydrogen (secondary N) is 2. The molecule has 0 atom stereocenters. The number of hydrogen-bond donors (Lipinski definition) is 2. The van der Waals surface area contributed by atoms with Gasteiger partial charge in [0.05, 0.1) is 11.3 Å². The molecule has 0 heterocycles. The zero-order valence-corrected chi connectivity index (χ0v) is 21.7. The Kier molecular flexibility index (Phi) is 8.31. The highest BCUT2D eigenvalue weighted by molar-refractivity contribution is 14.1. The maximum atomic E-state index is 13.1. The Morgan fingerprint density at radius 3 is 2.34 bits per heavy atom. The van der Waals surface area contributed by atoms with Gasteiger partial charge in [0.25, 0.3) is 5.91 Å². The third kappa shape index (κ3) is 7.85. The van der Waals surface area contributed by atoms with Gasteiger partial charge in [0.2, 0.25) is 0 Å². The van der Waals surface area contributed by atoms with E-state index in [1.807, 2.05) is 0 Å². The van der Waals surface area contributed by atoms with Crippen LogP contribution in [0.5, 0.6) is 5.75 Å². The van der Waals surface area contributed by atoms with E-state index in [9.17, 15) is 26.4 Å². The highest BCUT2D eigenvalue weighted by Crippen LogP contribution is 2.33. The van der Waals surface area contributed by atoms with E-state index < -0.39 is 21.6 Å². The van der Waals surface area contributed by atoms with Crippen LogP contribution in [0.25, 0.3) is 0 Å². The molecular weight excluding hydrogens is 596 g/mol. The molecule has 186 valence electrons. The molecule has 35 heavy (non-hydrogen) atoms. The molecule has 11 heteroatoms. The van der Waals surface area contributed by atoms with Gasteiger partial charge in [-0.2, -0.15) is 13.2 Å². The van der Waals surface area contributed by atoms with Crippen LogP contribution in [0.3, 0.4) is 0 Å². The summed E-state index contributed by atoms with van der Waals surface area (Å²) in [7, 11) is -3.37. The van der Waals surface area contributed by atoms with Crippen molar-refractivity contribution < 1.29 is 31.1 Å². The number of halogens is 4. The number of benzene rings is 3. The molecule has 0 aliphatic rings. The fourth-order valence-electron chi connectivity index (χ4n) is 3.04. The summed E-state index contributed by atoms with van der Waals surface area (Å²) in [5, 5.41) is 5.49. The first-order valence-electron chi connectivity index (χ1n) is 10.2. The monoisotopic (exact) mass is 618 g/mol. The standard InChI is InChI=1S/C24H22F3IN2O4S/c1-15-3-6-18(24(25,26)27)11-17(15)13-34-22-12-20(9-10-21(22)29-14-35(2,32)33)30-23(31)16-4-7-19(28)8-5-16/h3-12,29H,13-14H2,1-2H3,(H,30,31). The third-order valence-electron chi connectivity index (χ3n) is 4.93. The quantitative estimate of drug-likeness (QED) is 0.309. The third-order valence-corrected chi connectivity index (χ3v) is 6.32. The van der Waals surface area contributed by atoms with Crippen molar-refractivity contribution in [2.24, 2.45) is 0 Å². The number of carbonyl (C=O) groups excluding carboxylic acids is 1. The number of carbonyl (C=O) groups is 1. The van der Waals surface area contributed by atoms with Crippen molar-refractivity contribution >= 4 is 49.7 Å². The van der Waals surface area contributed by atoms with Crippen molar-refractivity contribution in [3.8, 4) is 5.75 Å². The normalized spacial score (nSPS) is 11.7. The number of ether oxygens (including phenoxy) is 1. The molecule has 0 radical (unpaired) electrons. The summed E-state index contributed by atoms with van der Waals surface area (Å²) in [6.07, 6.45) is -3.44. The van der Waals surface area contributed by atoms with Crippen LogP contribution in [0.4, 0.5) is 24.5 Å². The maximum Gasteiger partial charge on any atom is 0.416 e. The molecule has 0 unspecified atom stereocenters. The molecule has 0 fully saturated rings. The fraction of sp³-hybridized carbons (Fsp3) is 0.208. The van der Waals surface area contributed by atoms with E-state index in [0.717, 1.165) is 22.0 Å². The number of sulfone groups is 1. The minimum atomic E-state index is -4.50. The zero-order valence-electron chi connectivity index (χ0n) is 18.7. The molecule has 0 bridgehead atoms. The number of aryl methyl sites for hydroxylation is 1. The van der Waals surface area contributed by atoms with Gasteiger partial charge in [-0.25, -0.2) is 8.42 Å². The summed E-state index contributed by atoms with van der Waals surface area (Å²) in [4.78, 5) is 12.6. The summed E-state index contributed by atoms with van der Waals surface area (Å²) in [6.45, 7) is 1.47. The van der Waals surface area contributed by atoms with Gasteiger partial charge < -0.3 is 15.4 Å². The topological polar surface area (TPSA) is 84.5 Å². The first kappa shape index (κ1) is 26.8. The Labute approximate surface area is 214 Å². The molecule has 2 N–H and O–H groups in total. The first-order valence-corrected chi connectivity index (χ1v) is 13.4. The van der Waals surface area contributed by atoms with Crippen LogP contribution in [-0.4, -0.2) is 26.5 Å². The molecular formula is C24H22F3IN2O4S. The Hall–Kier alpha value is -2.80. The number of hydrogen-bond acceptors (Lipinski definition) is 5. The Bertz CT molecular complexity index is 1330. The molecule has 3 rings (SSSR count). The summed E-state index contributed by atoms with van der Waals surface area (Å²) in [5.74, 6) is -0.566. The minimum absolute atomic E-state index is 0.172. The lowest BCUT2D eigenvalue weighted by Crippen LogP contribution is -2.14. The summed E-state index contributed by atoms with van der Waals surface area (Å²) >= 11 is 2.13. The fourth-order valence-corrected chi connectivity index (χ4v) is 3.81. The van der Waals surface area contributed by atoms with E-state index in [4.69, 9.17) is 4.74 Å². The van der Waals surface area contributed by atoms with Gasteiger partial charge in [-0.1, -0.05) is 6.07 Å². The second kappa shape index (κ2) is 10.9. The molecule has 1 amide bonds. The van der Waals surface area contributed by atoms with Crippen LogP contribution in [0.15, 0.2) is 60.7 Å². The van der Waals surface area contributed by atoms with Crippen LogP contribution in [0, 0.1) is 10.5 Å². The summed E-state index contributed by atoms with van der Waals surface area (Å²) in [5.41, 5.74) is 1.25. The molecule has 0 spiro atoms. The zero-order chi connectivity index (χ0) is 25.8. The van der Waals surface area contributed by atoms with Crippen LogP contribution in [0.1, 0.15) is 27.0 Å². The first-order chi connectivity index (χ1) is 16.3.